The number of hydrogen-bond acceptors (Lipinski definition) is 7. The van der Waals surface area contributed by atoms with Gasteiger partial charge in [-0.2, -0.15) is 4.98 Å². The average molecular weight is 348 g/mol. The van der Waals surface area contributed by atoms with Gasteiger partial charge in [-0.05, 0) is 7.05 Å². The molecule has 26 heavy (non-hydrogen) atoms. The van der Waals surface area contributed by atoms with Crippen LogP contribution >= 0.6 is 0 Å². The van der Waals surface area contributed by atoms with E-state index in [0.717, 1.165) is 44.0 Å². The van der Waals surface area contributed by atoms with Crippen molar-refractivity contribution in [3.8, 4) is 11.4 Å². The summed E-state index contributed by atoms with van der Waals surface area (Å²) in [6.45, 7) is 3.66. The van der Waals surface area contributed by atoms with Gasteiger partial charge in [-0.25, -0.2) is 9.97 Å². The molecule has 3 aromatic rings. The molecule has 0 radical (unpaired) electrons. The van der Waals surface area contributed by atoms with Gasteiger partial charge in [-0.15, -0.1) is 0 Å². The summed E-state index contributed by atoms with van der Waals surface area (Å²) >= 11 is 0. The Morgan fingerprint density at radius 1 is 1.12 bits per heavy atom. The molecule has 0 atom stereocenters. The topological polar surface area (TPSA) is 71.2 Å². The van der Waals surface area contributed by atoms with Gasteiger partial charge in [-0.3, -0.25) is 0 Å². The zero-order valence-corrected chi connectivity index (χ0v) is 14.7. The van der Waals surface area contributed by atoms with Gasteiger partial charge in [0.05, 0.1) is 11.6 Å². The quantitative estimate of drug-likeness (QED) is 0.718. The third-order valence-corrected chi connectivity index (χ3v) is 5.17. The molecule has 0 N–H and O–H groups in total. The first-order chi connectivity index (χ1) is 12.8. The minimum absolute atomic E-state index is 0.256. The number of nitrogens with zero attached hydrogens (tertiary/aromatic N) is 6. The number of rotatable bonds is 3. The van der Waals surface area contributed by atoms with E-state index in [9.17, 15) is 0 Å². The maximum Gasteiger partial charge on any atom is 0.233 e. The number of fused-ring (bicyclic) bond motifs is 1. The molecule has 4 heterocycles. The Morgan fingerprint density at radius 3 is 2.81 bits per heavy atom. The number of likely N-dealkylation sites (N-methyl/N-ethyl adjacent to an activating group) is 1. The third-order valence-electron chi connectivity index (χ3n) is 5.17. The fraction of sp³-hybridized carbons (Fsp3) is 0.368. The highest BCUT2D eigenvalue weighted by Crippen LogP contribution is 2.34. The molecule has 0 unspecified atom stereocenters. The van der Waals surface area contributed by atoms with Gasteiger partial charge in [0, 0.05) is 43.7 Å². The molecule has 2 aromatic heterocycles. The van der Waals surface area contributed by atoms with Crippen LogP contribution in [0.3, 0.4) is 0 Å². The molecule has 5 rings (SSSR count). The fourth-order valence-electron chi connectivity index (χ4n) is 3.65. The van der Waals surface area contributed by atoms with Crippen molar-refractivity contribution in [3.05, 3.63) is 53.8 Å². The Morgan fingerprint density at radius 2 is 1.96 bits per heavy atom. The minimum atomic E-state index is 0.256. The van der Waals surface area contributed by atoms with Crippen LogP contribution in [0, 0.1) is 0 Å². The Kier molecular flexibility index (Phi) is 3.67. The molecule has 132 valence electrons. The molecule has 1 saturated heterocycles. The van der Waals surface area contributed by atoms with E-state index in [1.807, 2.05) is 30.3 Å². The lowest BCUT2D eigenvalue weighted by molar-refractivity contribution is 0.305. The summed E-state index contributed by atoms with van der Waals surface area (Å²) in [6, 6.07) is 9.92. The molecule has 7 nitrogen and oxygen atoms in total. The van der Waals surface area contributed by atoms with Crippen LogP contribution in [0.4, 0.5) is 5.82 Å². The Balaban J connectivity index is 1.32. The van der Waals surface area contributed by atoms with E-state index in [1.54, 1.807) is 6.33 Å². The molecule has 0 spiro atoms. The number of anilines is 1. The van der Waals surface area contributed by atoms with Gasteiger partial charge in [0.1, 0.15) is 12.1 Å². The lowest BCUT2D eigenvalue weighted by Gasteiger charge is -2.40. The van der Waals surface area contributed by atoms with E-state index in [2.05, 4.69) is 37.0 Å². The largest absolute Gasteiger partial charge is 0.355 e. The summed E-state index contributed by atoms with van der Waals surface area (Å²) < 4.78 is 5.51. The first-order valence-electron chi connectivity index (χ1n) is 8.93. The highest BCUT2D eigenvalue weighted by Gasteiger charge is 2.35. The summed E-state index contributed by atoms with van der Waals surface area (Å²) in [6.07, 6.45) is 2.68. The number of benzene rings is 1. The third kappa shape index (κ3) is 2.64. The van der Waals surface area contributed by atoms with E-state index < -0.39 is 0 Å². The van der Waals surface area contributed by atoms with Crippen molar-refractivity contribution in [3.63, 3.8) is 0 Å². The zero-order chi connectivity index (χ0) is 17.5. The van der Waals surface area contributed by atoms with Crippen molar-refractivity contribution < 1.29 is 4.52 Å². The fourth-order valence-corrected chi connectivity index (χ4v) is 3.65. The predicted molar refractivity (Wildman–Crippen MR) is 96.8 cm³/mol. The molecule has 0 aliphatic carbocycles. The maximum atomic E-state index is 5.51. The molecule has 2 aliphatic rings. The van der Waals surface area contributed by atoms with Crippen LogP contribution in [0.25, 0.3) is 11.4 Å². The Labute approximate surface area is 151 Å². The van der Waals surface area contributed by atoms with Crippen LogP contribution in [-0.4, -0.2) is 51.7 Å². The van der Waals surface area contributed by atoms with Crippen molar-refractivity contribution in [1.29, 1.82) is 0 Å². The smallest absolute Gasteiger partial charge is 0.233 e. The molecule has 0 bridgehead atoms. The van der Waals surface area contributed by atoms with E-state index in [-0.39, 0.29) is 5.92 Å². The van der Waals surface area contributed by atoms with Crippen LogP contribution in [0.5, 0.6) is 0 Å². The van der Waals surface area contributed by atoms with E-state index in [4.69, 9.17) is 4.52 Å². The molecule has 7 heteroatoms. The molecule has 2 aliphatic heterocycles. The van der Waals surface area contributed by atoms with Gasteiger partial charge in [0.2, 0.25) is 11.7 Å². The summed E-state index contributed by atoms with van der Waals surface area (Å²) in [5, 5.41) is 4.13. The van der Waals surface area contributed by atoms with Gasteiger partial charge >= 0.3 is 0 Å². The lowest BCUT2D eigenvalue weighted by Crippen LogP contribution is -2.46. The zero-order valence-electron chi connectivity index (χ0n) is 14.7. The SMILES string of the molecule is CN1CCc2ncnc(N3CC(c4nc(-c5ccccc5)no4)C3)c2C1. The highest BCUT2D eigenvalue weighted by atomic mass is 16.5. The molecular weight excluding hydrogens is 328 g/mol. The summed E-state index contributed by atoms with van der Waals surface area (Å²) in [5.74, 6) is 2.67. The number of aromatic nitrogens is 4. The molecule has 1 fully saturated rings. The van der Waals surface area contributed by atoms with Crippen molar-refractivity contribution in [2.75, 3.05) is 31.6 Å². The average Bonchev–Trinajstić information content (AvgIpc) is 3.11. The maximum absolute atomic E-state index is 5.51. The first kappa shape index (κ1) is 15.5. The highest BCUT2D eigenvalue weighted by molar-refractivity contribution is 5.55. The molecule has 0 amide bonds. The van der Waals surface area contributed by atoms with Gasteiger partial charge in [0.15, 0.2) is 0 Å². The second-order valence-electron chi connectivity index (χ2n) is 7.03. The summed E-state index contributed by atoms with van der Waals surface area (Å²) in [5.41, 5.74) is 3.42. The summed E-state index contributed by atoms with van der Waals surface area (Å²) in [4.78, 5) is 18.2. The van der Waals surface area contributed by atoms with Crippen molar-refractivity contribution in [2.45, 2.75) is 18.9 Å². The van der Waals surface area contributed by atoms with Crippen molar-refractivity contribution >= 4 is 5.82 Å². The monoisotopic (exact) mass is 348 g/mol. The molecule has 1 aromatic carbocycles. The normalized spacial score (nSPS) is 17.8. The van der Waals surface area contributed by atoms with Crippen LogP contribution < -0.4 is 4.90 Å². The molecular formula is C19H20N6O. The van der Waals surface area contributed by atoms with Crippen LogP contribution in [0.1, 0.15) is 23.1 Å². The number of hydrogen-bond donors (Lipinski definition) is 0. The lowest BCUT2D eigenvalue weighted by atomic mass is 9.98. The van der Waals surface area contributed by atoms with Gasteiger partial charge < -0.3 is 14.3 Å². The van der Waals surface area contributed by atoms with Crippen molar-refractivity contribution in [2.24, 2.45) is 0 Å². The first-order valence-corrected chi connectivity index (χ1v) is 8.93. The summed E-state index contributed by atoms with van der Waals surface area (Å²) in [7, 11) is 2.14. The second-order valence-corrected chi connectivity index (χ2v) is 7.03. The van der Waals surface area contributed by atoms with E-state index in [0.29, 0.717) is 11.7 Å². The standard InChI is InChI=1S/C19H20N6O/c1-24-8-7-16-15(11-24)18(21-12-20-16)25-9-14(10-25)19-22-17(23-26-19)13-5-3-2-4-6-13/h2-6,12,14H,7-11H2,1H3. The second kappa shape index (κ2) is 6.17. The van der Waals surface area contributed by atoms with Crippen LogP contribution in [-0.2, 0) is 13.0 Å². The van der Waals surface area contributed by atoms with Gasteiger partial charge in [-0.1, -0.05) is 35.5 Å². The van der Waals surface area contributed by atoms with Crippen molar-refractivity contribution in [1.82, 2.24) is 25.0 Å². The molecule has 0 saturated carbocycles. The van der Waals surface area contributed by atoms with E-state index >= 15 is 0 Å². The predicted octanol–water partition coefficient (Wildman–Crippen LogP) is 2.12. The van der Waals surface area contributed by atoms with Gasteiger partial charge in [0.25, 0.3) is 0 Å². The Bertz CT molecular complexity index is 919. The van der Waals surface area contributed by atoms with Crippen LogP contribution in [0.2, 0.25) is 0 Å². The minimum Gasteiger partial charge on any atom is -0.355 e. The van der Waals surface area contributed by atoms with E-state index in [1.165, 1.54) is 11.3 Å². The van der Waals surface area contributed by atoms with Crippen LogP contribution in [0.15, 0.2) is 41.2 Å². The Hall–Kier alpha value is -2.80.